The molecule has 0 fully saturated rings. The van der Waals surface area contributed by atoms with Gasteiger partial charge in [-0.15, -0.1) is 0 Å². The lowest BCUT2D eigenvalue weighted by molar-refractivity contribution is 0.0687. The third-order valence-corrected chi connectivity index (χ3v) is 1.92. The second-order valence-electron chi connectivity index (χ2n) is 2.01. The summed E-state index contributed by atoms with van der Waals surface area (Å²) in [6, 6.07) is 3.05. The molecule has 0 saturated carbocycles. The third kappa shape index (κ3) is 1.14. The fourth-order valence-electron chi connectivity index (χ4n) is 0.766. The Balaban J connectivity index is 3.39. The minimum absolute atomic E-state index is 0.0902. The predicted molar refractivity (Wildman–Crippen MR) is 44.0 cm³/mol. The normalized spacial score (nSPS) is 9.33. The first-order valence-electron chi connectivity index (χ1n) is 2.87. The molecule has 0 aliphatic heterocycles. The van der Waals surface area contributed by atoms with Crippen molar-refractivity contribution in [2.24, 2.45) is 0 Å². The van der Waals surface area contributed by atoms with Crippen LogP contribution >= 0.6 is 15.9 Å². The van der Waals surface area contributed by atoms with E-state index >= 15 is 0 Å². The highest BCUT2D eigenvalue weighted by atomic mass is 79.9. The Bertz CT molecular complexity index is 377. The van der Waals surface area contributed by atoms with Gasteiger partial charge in [-0.3, -0.25) is 0 Å². The number of aromatic carboxylic acids is 1. The largest absolute Gasteiger partial charge is 0.477 e. The van der Waals surface area contributed by atoms with Crippen molar-refractivity contribution in [2.45, 2.75) is 0 Å². The maximum Gasteiger partial charge on any atom is 0.354 e. The number of nitrogens with two attached hydrogens (primary N) is 1. The lowest BCUT2D eigenvalue weighted by Gasteiger charge is -1.96. The van der Waals surface area contributed by atoms with E-state index in [4.69, 9.17) is 16.2 Å². The van der Waals surface area contributed by atoms with Gasteiger partial charge in [0, 0.05) is 0 Å². The molecule has 0 amide bonds. The zero-order valence-corrected chi connectivity index (χ0v) is 7.37. The first-order valence-corrected chi connectivity index (χ1v) is 3.67. The van der Waals surface area contributed by atoms with Crippen LogP contribution in [0.25, 0.3) is 0 Å². The number of halogens is 1. The number of carbonyl (C=O) groups is 1. The van der Waals surface area contributed by atoms with Gasteiger partial charge in [0.25, 0.3) is 0 Å². The van der Waals surface area contributed by atoms with Crippen LogP contribution in [0.3, 0.4) is 0 Å². The number of nitrogens with zero attached hydrogens (tertiary/aromatic N) is 2. The quantitative estimate of drug-likeness (QED) is 0.688. The summed E-state index contributed by atoms with van der Waals surface area (Å²) in [4.78, 5) is 10.5. The summed E-state index contributed by atoms with van der Waals surface area (Å²) in [5.41, 5.74) is -0.0363. The van der Waals surface area contributed by atoms with Crippen molar-refractivity contribution in [3.05, 3.63) is 21.9 Å². The number of carboxylic acid groups (broad SMARTS) is 1. The maximum absolute atomic E-state index is 10.5. The molecule has 0 unspecified atom stereocenters. The highest BCUT2D eigenvalue weighted by molar-refractivity contribution is 9.10. The topological polar surface area (TPSA) is 92.0 Å². The third-order valence-electron chi connectivity index (χ3n) is 1.32. The van der Waals surface area contributed by atoms with Crippen molar-refractivity contribution < 1.29 is 9.90 Å². The number of hydrogen-bond donors (Lipinski definition) is 2. The summed E-state index contributed by atoms with van der Waals surface area (Å²) in [6.45, 7) is 0. The molecule has 0 aromatic carbocycles. The molecule has 0 aliphatic carbocycles. The van der Waals surface area contributed by atoms with Gasteiger partial charge >= 0.3 is 5.97 Å². The van der Waals surface area contributed by atoms with Gasteiger partial charge < -0.3 is 10.9 Å². The molecule has 1 rings (SSSR count). The molecule has 0 bridgehead atoms. The predicted octanol–water partition coefficient (Wildman–Crippen LogP) is 0.534. The molecule has 1 aromatic rings. The molecule has 0 aliphatic rings. The van der Waals surface area contributed by atoms with Gasteiger partial charge in [-0.25, -0.2) is 9.47 Å². The molecular weight excluding hydrogens is 226 g/mol. The Labute approximate surface area is 76.1 Å². The average Bonchev–Trinajstić information content (AvgIpc) is 2.27. The lowest BCUT2D eigenvalue weighted by atomic mass is 10.4. The van der Waals surface area contributed by atoms with E-state index in [9.17, 15) is 4.79 Å². The molecule has 3 N–H and O–H groups in total. The molecule has 6 heteroatoms. The molecule has 12 heavy (non-hydrogen) atoms. The molecule has 0 spiro atoms. The van der Waals surface area contributed by atoms with Crippen LogP contribution < -0.4 is 5.84 Å². The van der Waals surface area contributed by atoms with E-state index in [0.29, 0.717) is 4.47 Å². The minimum Gasteiger partial charge on any atom is -0.477 e. The zero-order valence-electron chi connectivity index (χ0n) is 5.78. The first kappa shape index (κ1) is 8.62. The van der Waals surface area contributed by atoms with E-state index in [1.807, 2.05) is 0 Å². The van der Waals surface area contributed by atoms with Crippen LogP contribution in [0.2, 0.25) is 0 Å². The van der Waals surface area contributed by atoms with Crippen LogP contribution in [0.5, 0.6) is 0 Å². The Morgan fingerprint density at radius 3 is 2.67 bits per heavy atom. The maximum atomic E-state index is 10.5. The second kappa shape index (κ2) is 2.87. The minimum atomic E-state index is -1.17. The summed E-state index contributed by atoms with van der Waals surface area (Å²) in [6.07, 6.45) is 0. The van der Waals surface area contributed by atoms with Gasteiger partial charge in [0.2, 0.25) is 0 Å². The number of hydrogen-bond acceptors (Lipinski definition) is 3. The number of nitrogen functional groups attached to an aromatic ring is 1. The van der Waals surface area contributed by atoms with E-state index < -0.39 is 5.97 Å². The number of aromatic nitrogens is 1. The van der Waals surface area contributed by atoms with Crippen LogP contribution in [0.1, 0.15) is 16.2 Å². The fourth-order valence-corrected chi connectivity index (χ4v) is 1.26. The first-order chi connectivity index (χ1) is 5.57. The van der Waals surface area contributed by atoms with Crippen molar-refractivity contribution in [1.29, 1.82) is 5.26 Å². The molecule has 0 saturated heterocycles. The molecule has 1 aromatic heterocycles. The van der Waals surface area contributed by atoms with Crippen molar-refractivity contribution in [1.82, 2.24) is 4.68 Å². The van der Waals surface area contributed by atoms with Crippen LogP contribution in [0.4, 0.5) is 0 Å². The average molecular weight is 230 g/mol. The SMILES string of the molecule is N#Cc1c(Br)cc(C(=O)O)n1N. The summed E-state index contributed by atoms with van der Waals surface area (Å²) >= 11 is 3.01. The Hall–Kier alpha value is -1.48. The summed E-state index contributed by atoms with van der Waals surface area (Å²) in [5.74, 6) is 4.13. The monoisotopic (exact) mass is 229 g/mol. The highest BCUT2D eigenvalue weighted by Crippen LogP contribution is 2.18. The van der Waals surface area contributed by atoms with Gasteiger partial charge in [-0.1, -0.05) is 0 Å². The van der Waals surface area contributed by atoms with Crippen molar-refractivity contribution >= 4 is 21.9 Å². The van der Waals surface area contributed by atoms with E-state index in [1.54, 1.807) is 6.07 Å². The molecular formula is C6H4BrN3O2. The standard InChI is InChI=1S/C6H4BrN3O2/c7-3-1-4(6(11)12)10(9)5(3)2-8/h1H,9H2,(H,11,12). The number of nitriles is 1. The highest BCUT2D eigenvalue weighted by Gasteiger charge is 2.15. The summed E-state index contributed by atoms with van der Waals surface area (Å²) in [7, 11) is 0. The van der Waals surface area contributed by atoms with Crippen LogP contribution in [-0.4, -0.2) is 15.8 Å². The van der Waals surface area contributed by atoms with Crippen molar-refractivity contribution in [2.75, 3.05) is 5.84 Å². The summed E-state index contributed by atoms with van der Waals surface area (Å²) in [5, 5.41) is 17.1. The van der Waals surface area contributed by atoms with Crippen LogP contribution in [0.15, 0.2) is 10.5 Å². The van der Waals surface area contributed by atoms with Crippen molar-refractivity contribution in [3.63, 3.8) is 0 Å². The fraction of sp³-hybridized carbons (Fsp3) is 0. The Morgan fingerprint density at radius 2 is 2.42 bits per heavy atom. The van der Waals surface area contributed by atoms with E-state index in [-0.39, 0.29) is 11.4 Å². The molecule has 5 nitrogen and oxygen atoms in total. The Kier molecular flexibility index (Phi) is 2.06. The zero-order chi connectivity index (χ0) is 9.30. The van der Waals surface area contributed by atoms with Gasteiger partial charge in [-0.05, 0) is 22.0 Å². The van der Waals surface area contributed by atoms with E-state index in [1.165, 1.54) is 6.07 Å². The van der Waals surface area contributed by atoms with Gasteiger partial charge in [-0.2, -0.15) is 5.26 Å². The molecule has 1 heterocycles. The van der Waals surface area contributed by atoms with E-state index in [0.717, 1.165) is 4.68 Å². The second-order valence-corrected chi connectivity index (χ2v) is 2.87. The number of carboxylic acids is 1. The molecule has 62 valence electrons. The van der Waals surface area contributed by atoms with Gasteiger partial charge in [0.15, 0.2) is 5.69 Å². The molecule has 0 atom stereocenters. The van der Waals surface area contributed by atoms with Crippen LogP contribution in [0, 0.1) is 11.3 Å². The van der Waals surface area contributed by atoms with E-state index in [2.05, 4.69) is 15.9 Å². The lowest BCUT2D eigenvalue weighted by Crippen LogP contribution is -2.17. The Morgan fingerprint density at radius 1 is 1.83 bits per heavy atom. The van der Waals surface area contributed by atoms with Gasteiger partial charge in [0.05, 0.1) is 4.47 Å². The molecule has 0 radical (unpaired) electrons. The van der Waals surface area contributed by atoms with Gasteiger partial charge in [0.1, 0.15) is 11.8 Å². The van der Waals surface area contributed by atoms with Crippen LogP contribution in [-0.2, 0) is 0 Å². The number of rotatable bonds is 1. The smallest absolute Gasteiger partial charge is 0.354 e. The van der Waals surface area contributed by atoms with Crippen molar-refractivity contribution in [3.8, 4) is 6.07 Å². The summed E-state index contributed by atoms with van der Waals surface area (Å²) < 4.78 is 1.21.